The molecule has 0 bridgehead atoms. The third kappa shape index (κ3) is 3.36. The molecule has 21 heavy (non-hydrogen) atoms. The lowest BCUT2D eigenvalue weighted by Gasteiger charge is -2.28. The Balaban J connectivity index is 1.88. The van der Waals surface area contributed by atoms with Gasteiger partial charge in [0.05, 0.1) is 0 Å². The molecule has 1 aliphatic carbocycles. The van der Waals surface area contributed by atoms with Crippen LogP contribution in [0.1, 0.15) is 46.0 Å². The summed E-state index contributed by atoms with van der Waals surface area (Å²) in [5.74, 6) is 2.39. The van der Waals surface area contributed by atoms with Crippen LogP contribution in [0.4, 0.5) is 17.8 Å². The van der Waals surface area contributed by atoms with E-state index in [1.165, 1.54) is 32.1 Å². The van der Waals surface area contributed by atoms with E-state index < -0.39 is 0 Å². The van der Waals surface area contributed by atoms with E-state index >= 15 is 0 Å². The zero-order valence-electron chi connectivity index (χ0n) is 13.2. The summed E-state index contributed by atoms with van der Waals surface area (Å²) in [7, 11) is 0. The molecule has 0 spiro atoms. The molecule has 0 radical (unpaired) electrons. The molecule has 1 saturated carbocycles. The first-order valence-electron chi connectivity index (χ1n) is 8.33. The van der Waals surface area contributed by atoms with Crippen molar-refractivity contribution in [1.29, 1.82) is 0 Å². The summed E-state index contributed by atoms with van der Waals surface area (Å²) in [6, 6.07) is 0.626. The van der Waals surface area contributed by atoms with Crippen LogP contribution < -0.4 is 15.1 Å². The highest BCUT2D eigenvalue weighted by Crippen LogP contribution is 2.30. The number of piperidine rings is 1. The van der Waals surface area contributed by atoms with E-state index in [9.17, 15) is 0 Å². The molecular formula is C15H26N6. The molecule has 6 nitrogen and oxygen atoms in total. The Labute approximate surface area is 127 Å². The molecule has 0 amide bonds. The first-order valence-corrected chi connectivity index (χ1v) is 8.33. The standard InChI is InChI=1S/C15H26N6/c1-3-16-13-17-14(20-10-6-5-7-11-20)19-15(18-13)21(4-2)12-8-9-12/h12H,3-11H2,1-2H3,(H,16,17,18,19). The summed E-state index contributed by atoms with van der Waals surface area (Å²) in [4.78, 5) is 18.6. The predicted molar refractivity (Wildman–Crippen MR) is 86.1 cm³/mol. The maximum absolute atomic E-state index is 4.76. The summed E-state index contributed by atoms with van der Waals surface area (Å²) < 4.78 is 0. The highest BCUT2D eigenvalue weighted by molar-refractivity contribution is 5.46. The second kappa shape index (κ2) is 6.45. The van der Waals surface area contributed by atoms with Gasteiger partial charge >= 0.3 is 0 Å². The molecule has 1 saturated heterocycles. The smallest absolute Gasteiger partial charge is 0.232 e. The average molecular weight is 290 g/mol. The van der Waals surface area contributed by atoms with E-state index in [1.54, 1.807) is 0 Å². The van der Waals surface area contributed by atoms with Crippen LogP contribution in [0.25, 0.3) is 0 Å². The van der Waals surface area contributed by atoms with E-state index in [-0.39, 0.29) is 0 Å². The number of aromatic nitrogens is 3. The van der Waals surface area contributed by atoms with Gasteiger partial charge < -0.3 is 15.1 Å². The number of nitrogens with one attached hydrogen (secondary N) is 1. The number of nitrogens with zero attached hydrogens (tertiary/aromatic N) is 5. The van der Waals surface area contributed by atoms with E-state index in [2.05, 4.69) is 38.9 Å². The molecule has 1 N–H and O–H groups in total. The topological polar surface area (TPSA) is 57.2 Å². The van der Waals surface area contributed by atoms with Crippen LogP contribution in [0.5, 0.6) is 0 Å². The Hall–Kier alpha value is -1.59. The summed E-state index contributed by atoms with van der Waals surface area (Å²) in [6.07, 6.45) is 6.30. The molecular weight excluding hydrogens is 264 g/mol. The summed E-state index contributed by atoms with van der Waals surface area (Å²) in [6.45, 7) is 8.16. The van der Waals surface area contributed by atoms with Crippen molar-refractivity contribution < 1.29 is 0 Å². The highest BCUT2D eigenvalue weighted by Gasteiger charge is 2.30. The first-order chi connectivity index (χ1) is 10.3. The van der Waals surface area contributed by atoms with Crippen LogP contribution in [0.3, 0.4) is 0 Å². The van der Waals surface area contributed by atoms with Crippen molar-refractivity contribution in [2.45, 2.75) is 52.0 Å². The van der Waals surface area contributed by atoms with Crippen LogP contribution in [-0.2, 0) is 0 Å². The van der Waals surface area contributed by atoms with Gasteiger partial charge in [0.15, 0.2) is 0 Å². The Morgan fingerprint density at radius 3 is 2.48 bits per heavy atom. The van der Waals surface area contributed by atoms with Crippen molar-refractivity contribution >= 4 is 17.8 Å². The maximum Gasteiger partial charge on any atom is 0.232 e. The minimum Gasteiger partial charge on any atom is -0.354 e. The second-order valence-electron chi connectivity index (χ2n) is 5.85. The molecule has 0 unspecified atom stereocenters. The van der Waals surface area contributed by atoms with Gasteiger partial charge in [-0.2, -0.15) is 15.0 Å². The van der Waals surface area contributed by atoms with E-state index in [1.807, 2.05) is 0 Å². The van der Waals surface area contributed by atoms with Gasteiger partial charge in [-0.3, -0.25) is 0 Å². The lowest BCUT2D eigenvalue weighted by molar-refractivity contribution is 0.567. The lowest BCUT2D eigenvalue weighted by atomic mass is 10.1. The minimum absolute atomic E-state index is 0.626. The van der Waals surface area contributed by atoms with Crippen LogP contribution in [0, 0.1) is 0 Å². The van der Waals surface area contributed by atoms with Gasteiger partial charge in [0.1, 0.15) is 0 Å². The largest absolute Gasteiger partial charge is 0.354 e. The fourth-order valence-corrected chi connectivity index (χ4v) is 2.90. The molecule has 2 aliphatic rings. The van der Waals surface area contributed by atoms with Gasteiger partial charge in [0.25, 0.3) is 0 Å². The van der Waals surface area contributed by atoms with Gasteiger partial charge in [-0.25, -0.2) is 0 Å². The van der Waals surface area contributed by atoms with Crippen LogP contribution in [-0.4, -0.2) is 47.2 Å². The average Bonchev–Trinajstić information content (AvgIpc) is 3.34. The van der Waals surface area contributed by atoms with E-state index in [0.717, 1.165) is 38.1 Å². The van der Waals surface area contributed by atoms with Crippen molar-refractivity contribution in [3.05, 3.63) is 0 Å². The van der Waals surface area contributed by atoms with E-state index in [4.69, 9.17) is 4.98 Å². The van der Waals surface area contributed by atoms with Crippen molar-refractivity contribution in [2.24, 2.45) is 0 Å². The maximum atomic E-state index is 4.76. The third-order valence-corrected chi connectivity index (χ3v) is 4.17. The van der Waals surface area contributed by atoms with Crippen LogP contribution in [0.2, 0.25) is 0 Å². The molecule has 3 rings (SSSR count). The van der Waals surface area contributed by atoms with Crippen molar-refractivity contribution in [2.75, 3.05) is 41.3 Å². The number of hydrogen-bond acceptors (Lipinski definition) is 6. The molecule has 0 atom stereocenters. The molecule has 0 aromatic carbocycles. The number of rotatable bonds is 6. The van der Waals surface area contributed by atoms with Gasteiger partial charge in [-0.05, 0) is 46.0 Å². The molecule has 6 heteroatoms. The van der Waals surface area contributed by atoms with E-state index in [0.29, 0.717) is 12.0 Å². The summed E-state index contributed by atoms with van der Waals surface area (Å²) in [5.41, 5.74) is 0. The van der Waals surface area contributed by atoms with Crippen molar-refractivity contribution in [1.82, 2.24) is 15.0 Å². The predicted octanol–water partition coefficient (Wildman–Crippen LogP) is 2.28. The van der Waals surface area contributed by atoms with Crippen LogP contribution in [0.15, 0.2) is 0 Å². The lowest BCUT2D eigenvalue weighted by Crippen LogP contribution is -2.33. The van der Waals surface area contributed by atoms with Gasteiger partial charge in [0.2, 0.25) is 17.8 Å². The Bertz CT molecular complexity index is 467. The Kier molecular flexibility index (Phi) is 4.41. The minimum atomic E-state index is 0.626. The molecule has 2 fully saturated rings. The summed E-state index contributed by atoms with van der Waals surface area (Å²) in [5, 5.41) is 3.25. The fourth-order valence-electron chi connectivity index (χ4n) is 2.90. The zero-order valence-corrected chi connectivity index (χ0v) is 13.2. The monoisotopic (exact) mass is 290 g/mol. The fraction of sp³-hybridized carbons (Fsp3) is 0.800. The zero-order chi connectivity index (χ0) is 14.7. The first kappa shape index (κ1) is 14.4. The van der Waals surface area contributed by atoms with Gasteiger partial charge in [0, 0.05) is 32.2 Å². The molecule has 1 aromatic rings. The number of anilines is 3. The van der Waals surface area contributed by atoms with Gasteiger partial charge in [-0.15, -0.1) is 0 Å². The highest BCUT2D eigenvalue weighted by atomic mass is 15.4. The molecule has 1 aromatic heterocycles. The second-order valence-corrected chi connectivity index (χ2v) is 5.85. The molecule has 116 valence electrons. The normalized spacial score (nSPS) is 18.7. The molecule has 2 heterocycles. The van der Waals surface area contributed by atoms with Crippen molar-refractivity contribution in [3.8, 4) is 0 Å². The van der Waals surface area contributed by atoms with Gasteiger partial charge in [-0.1, -0.05) is 0 Å². The van der Waals surface area contributed by atoms with Crippen molar-refractivity contribution in [3.63, 3.8) is 0 Å². The Morgan fingerprint density at radius 1 is 1.10 bits per heavy atom. The third-order valence-electron chi connectivity index (χ3n) is 4.17. The number of hydrogen-bond donors (Lipinski definition) is 1. The molecule has 1 aliphatic heterocycles. The summed E-state index contributed by atoms with van der Waals surface area (Å²) >= 11 is 0. The quantitative estimate of drug-likeness (QED) is 0.867. The van der Waals surface area contributed by atoms with Crippen LogP contribution >= 0.6 is 0 Å². The SMILES string of the molecule is CCNc1nc(N2CCCCC2)nc(N(CC)C2CC2)n1. The Morgan fingerprint density at radius 2 is 1.86 bits per heavy atom.